The molecule has 0 amide bonds. The predicted octanol–water partition coefficient (Wildman–Crippen LogP) is 5.54. The minimum absolute atomic E-state index is 0.653. The van der Waals surface area contributed by atoms with E-state index in [-0.39, 0.29) is 0 Å². The van der Waals surface area contributed by atoms with Gasteiger partial charge in [0.1, 0.15) is 12.1 Å². The standard InChI is InChI=1S/C18H22F3N3/c1-2-3-4-5-6-11-23-17-16(12-22-13-24-17)14-7-9-15(10-8-14)18(19,20)21/h7-10,12-13H,2-6,11H2,1H3,(H,22,23,24). The molecule has 1 aromatic heterocycles. The fraction of sp³-hybridized carbons (Fsp3) is 0.444. The maximum absolute atomic E-state index is 12.7. The number of hydrogen-bond donors (Lipinski definition) is 1. The maximum atomic E-state index is 12.7. The Morgan fingerprint density at radius 2 is 1.71 bits per heavy atom. The molecule has 0 atom stereocenters. The Morgan fingerprint density at radius 3 is 2.38 bits per heavy atom. The minimum atomic E-state index is -4.33. The van der Waals surface area contributed by atoms with Crippen LogP contribution in [0.25, 0.3) is 11.1 Å². The normalized spacial score (nSPS) is 11.5. The number of rotatable bonds is 8. The smallest absolute Gasteiger partial charge is 0.369 e. The first-order valence-corrected chi connectivity index (χ1v) is 8.24. The molecule has 1 N–H and O–H groups in total. The molecule has 0 bridgehead atoms. The van der Waals surface area contributed by atoms with Gasteiger partial charge in [-0.15, -0.1) is 0 Å². The van der Waals surface area contributed by atoms with E-state index in [4.69, 9.17) is 0 Å². The van der Waals surface area contributed by atoms with E-state index in [0.717, 1.165) is 31.5 Å². The average Bonchev–Trinajstić information content (AvgIpc) is 2.58. The Labute approximate surface area is 140 Å². The summed E-state index contributed by atoms with van der Waals surface area (Å²) in [6.45, 7) is 2.96. The van der Waals surface area contributed by atoms with Crippen molar-refractivity contribution < 1.29 is 13.2 Å². The molecule has 0 spiro atoms. The first-order chi connectivity index (χ1) is 11.5. The lowest BCUT2D eigenvalue weighted by Gasteiger charge is -2.12. The monoisotopic (exact) mass is 337 g/mol. The number of nitrogens with zero attached hydrogens (tertiary/aromatic N) is 2. The van der Waals surface area contributed by atoms with Gasteiger partial charge in [0.15, 0.2) is 0 Å². The predicted molar refractivity (Wildman–Crippen MR) is 89.7 cm³/mol. The molecule has 0 aliphatic carbocycles. The number of halogens is 3. The summed E-state index contributed by atoms with van der Waals surface area (Å²) >= 11 is 0. The molecule has 0 aliphatic heterocycles. The van der Waals surface area contributed by atoms with E-state index in [1.54, 1.807) is 6.20 Å². The highest BCUT2D eigenvalue weighted by atomic mass is 19.4. The highest BCUT2D eigenvalue weighted by Crippen LogP contribution is 2.32. The van der Waals surface area contributed by atoms with Gasteiger partial charge < -0.3 is 5.32 Å². The number of anilines is 1. The van der Waals surface area contributed by atoms with Gasteiger partial charge in [-0.05, 0) is 24.1 Å². The molecule has 1 aromatic carbocycles. The molecule has 6 heteroatoms. The van der Waals surface area contributed by atoms with Gasteiger partial charge in [0.05, 0.1) is 5.56 Å². The summed E-state index contributed by atoms with van der Waals surface area (Å²) in [4.78, 5) is 8.20. The molecular formula is C18H22F3N3. The second kappa shape index (κ2) is 8.66. The topological polar surface area (TPSA) is 37.8 Å². The third kappa shape index (κ3) is 5.22. The van der Waals surface area contributed by atoms with E-state index in [1.165, 1.54) is 37.7 Å². The van der Waals surface area contributed by atoms with Crippen LogP contribution in [0, 0.1) is 0 Å². The molecule has 130 valence electrons. The number of hydrogen-bond acceptors (Lipinski definition) is 3. The zero-order valence-electron chi connectivity index (χ0n) is 13.7. The van der Waals surface area contributed by atoms with Gasteiger partial charge in [0, 0.05) is 18.3 Å². The van der Waals surface area contributed by atoms with Crippen molar-refractivity contribution in [3.63, 3.8) is 0 Å². The van der Waals surface area contributed by atoms with Crippen molar-refractivity contribution >= 4 is 5.82 Å². The van der Waals surface area contributed by atoms with Crippen LogP contribution in [0.2, 0.25) is 0 Å². The summed E-state index contributed by atoms with van der Waals surface area (Å²) < 4.78 is 38.0. The van der Waals surface area contributed by atoms with Crippen molar-refractivity contribution in [3.05, 3.63) is 42.4 Å². The van der Waals surface area contributed by atoms with Crippen LogP contribution in [-0.2, 0) is 6.18 Å². The van der Waals surface area contributed by atoms with Crippen LogP contribution in [0.4, 0.5) is 19.0 Å². The van der Waals surface area contributed by atoms with Gasteiger partial charge >= 0.3 is 6.18 Å². The molecule has 0 fully saturated rings. The van der Waals surface area contributed by atoms with Crippen molar-refractivity contribution in [1.82, 2.24) is 9.97 Å². The fourth-order valence-electron chi connectivity index (χ4n) is 2.46. The molecular weight excluding hydrogens is 315 g/mol. The van der Waals surface area contributed by atoms with E-state index in [2.05, 4.69) is 22.2 Å². The number of alkyl halides is 3. The van der Waals surface area contributed by atoms with Crippen LogP contribution in [0.3, 0.4) is 0 Å². The van der Waals surface area contributed by atoms with Crippen LogP contribution >= 0.6 is 0 Å². The van der Waals surface area contributed by atoms with Crippen LogP contribution in [0.15, 0.2) is 36.8 Å². The van der Waals surface area contributed by atoms with Crippen LogP contribution in [-0.4, -0.2) is 16.5 Å². The summed E-state index contributed by atoms with van der Waals surface area (Å²) in [7, 11) is 0. The first-order valence-electron chi connectivity index (χ1n) is 8.24. The third-order valence-electron chi connectivity index (χ3n) is 3.81. The number of unbranched alkanes of at least 4 members (excludes halogenated alkanes) is 4. The van der Waals surface area contributed by atoms with Crippen molar-refractivity contribution in [1.29, 1.82) is 0 Å². The molecule has 3 nitrogen and oxygen atoms in total. The molecule has 2 aromatic rings. The zero-order valence-corrected chi connectivity index (χ0v) is 13.7. The molecule has 0 aliphatic rings. The lowest BCUT2D eigenvalue weighted by atomic mass is 10.1. The van der Waals surface area contributed by atoms with E-state index >= 15 is 0 Å². The Balaban J connectivity index is 2.03. The van der Waals surface area contributed by atoms with Crippen molar-refractivity contribution in [2.75, 3.05) is 11.9 Å². The van der Waals surface area contributed by atoms with Gasteiger partial charge in [-0.3, -0.25) is 0 Å². The quantitative estimate of drug-likeness (QED) is 0.642. The summed E-state index contributed by atoms with van der Waals surface area (Å²) in [6, 6.07) is 5.07. The van der Waals surface area contributed by atoms with E-state index in [0.29, 0.717) is 16.9 Å². The van der Waals surface area contributed by atoms with Gasteiger partial charge in [-0.2, -0.15) is 13.2 Å². The van der Waals surface area contributed by atoms with Crippen molar-refractivity contribution in [2.24, 2.45) is 0 Å². The SMILES string of the molecule is CCCCCCCNc1ncncc1-c1ccc(C(F)(F)F)cc1. The van der Waals surface area contributed by atoms with Crippen LogP contribution < -0.4 is 5.32 Å². The van der Waals surface area contributed by atoms with Crippen LogP contribution in [0.5, 0.6) is 0 Å². The summed E-state index contributed by atoms with van der Waals surface area (Å²) in [6.07, 6.45) is 4.58. The van der Waals surface area contributed by atoms with E-state index in [1.807, 2.05) is 0 Å². The van der Waals surface area contributed by atoms with E-state index < -0.39 is 11.7 Å². The van der Waals surface area contributed by atoms with Crippen molar-refractivity contribution in [2.45, 2.75) is 45.2 Å². The Hall–Kier alpha value is -2.11. The lowest BCUT2D eigenvalue weighted by Crippen LogP contribution is -2.06. The molecule has 0 unspecified atom stereocenters. The Kier molecular flexibility index (Phi) is 6.58. The third-order valence-corrected chi connectivity index (χ3v) is 3.81. The zero-order chi connectivity index (χ0) is 17.4. The van der Waals surface area contributed by atoms with Crippen LogP contribution in [0.1, 0.15) is 44.6 Å². The molecule has 2 rings (SSSR count). The average molecular weight is 337 g/mol. The van der Waals surface area contributed by atoms with Gasteiger partial charge in [-0.25, -0.2) is 9.97 Å². The number of benzene rings is 1. The molecule has 0 saturated carbocycles. The fourth-order valence-corrected chi connectivity index (χ4v) is 2.46. The lowest BCUT2D eigenvalue weighted by molar-refractivity contribution is -0.137. The number of aromatic nitrogens is 2. The molecule has 24 heavy (non-hydrogen) atoms. The highest BCUT2D eigenvalue weighted by Gasteiger charge is 2.30. The second-order valence-corrected chi connectivity index (χ2v) is 5.70. The largest absolute Gasteiger partial charge is 0.416 e. The van der Waals surface area contributed by atoms with E-state index in [9.17, 15) is 13.2 Å². The Bertz CT molecular complexity index is 624. The van der Waals surface area contributed by atoms with Crippen molar-refractivity contribution in [3.8, 4) is 11.1 Å². The molecule has 0 saturated heterocycles. The number of nitrogens with one attached hydrogen (secondary N) is 1. The molecule has 1 heterocycles. The summed E-state index contributed by atoms with van der Waals surface area (Å²) in [5.41, 5.74) is 0.713. The summed E-state index contributed by atoms with van der Waals surface area (Å²) in [5.74, 6) is 0.653. The summed E-state index contributed by atoms with van der Waals surface area (Å²) in [5, 5.41) is 3.26. The second-order valence-electron chi connectivity index (χ2n) is 5.70. The van der Waals surface area contributed by atoms with Gasteiger partial charge in [0.2, 0.25) is 0 Å². The highest BCUT2D eigenvalue weighted by molar-refractivity contribution is 5.74. The van der Waals surface area contributed by atoms with Gasteiger partial charge in [0.25, 0.3) is 0 Å². The molecule has 0 radical (unpaired) electrons. The van der Waals surface area contributed by atoms with Gasteiger partial charge in [-0.1, -0.05) is 44.7 Å². The Morgan fingerprint density at radius 1 is 1.00 bits per heavy atom. The minimum Gasteiger partial charge on any atom is -0.369 e. The first kappa shape index (κ1) is 18.2. The maximum Gasteiger partial charge on any atom is 0.416 e.